The first-order valence-corrected chi connectivity index (χ1v) is 10.4. The minimum atomic E-state index is -0.226. The lowest BCUT2D eigenvalue weighted by Gasteiger charge is -2.09. The quantitative estimate of drug-likeness (QED) is 0.488. The number of aryl methyl sites for hydroxylation is 1. The van der Waals surface area contributed by atoms with Crippen LogP contribution in [0.5, 0.6) is 0 Å². The van der Waals surface area contributed by atoms with Crippen molar-refractivity contribution in [2.24, 2.45) is 0 Å². The molecule has 3 aromatic rings. The number of hydrogen-bond acceptors (Lipinski definition) is 9. The number of Topliss-reactive ketones (excluding diaryl/α,β-unsaturated/α-hetero) is 1. The molecule has 1 atom stereocenters. The SMILES string of the molecule is CC(=O)c1sc2nc(CSc3nnnn3C[C@H]3CCCO3)[nH]c(=O)c2c1C. The molecule has 0 radical (unpaired) electrons. The van der Waals surface area contributed by atoms with Gasteiger partial charge in [0.25, 0.3) is 5.56 Å². The summed E-state index contributed by atoms with van der Waals surface area (Å²) in [4.78, 5) is 32.6. The van der Waals surface area contributed by atoms with E-state index in [4.69, 9.17) is 4.74 Å². The van der Waals surface area contributed by atoms with Gasteiger partial charge in [0.1, 0.15) is 10.7 Å². The molecule has 0 aromatic carbocycles. The molecule has 0 spiro atoms. The van der Waals surface area contributed by atoms with E-state index in [0.29, 0.717) is 43.9 Å². The third kappa shape index (κ3) is 3.66. The van der Waals surface area contributed by atoms with Crippen LogP contribution in [0, 0.1) is 6.92 Å². The second-order valence-electron chi connectivity index (χ2n) is 6.37. The van der Waals surface area contributed by atoms with Crippen LogP contribution in [-0.2, 0) is 17.0 Å². The summed E-state index contributed by atoms with van der Waals surface area (Å²) >= 11 is 2.66. The smallest absolute Gasteiger partial charge is 0.259 e. The van der Waals surface area contributed by atoms with Gasteiger partial charge in [-0.2, -0.15) is 0 Å². The van der Waals surface area contributed by atoms with E-state index >= 15 is 0 Å². The highest BCUT2D eigenvalue weighted by atomic mass is 32.2. The molecule has 27 heavy (non-hydrogen) atoms. The van der Waals surface area contributed by atoms with Crippen LogP contribution in [0.2, 0.25) is 0 Å². The molecule has 1 N–H and O–H groups in total. The van der Waals surface area contributed by atoms with Crippen molar-refractivity contribution in [3.63, 3.8) is 0 Å². The fourth-order valence-corrected chi connectivity index (χ4v) is 4.97. The van der Waals surface area contributed by atoms with Gasteiger partial charge in [-0.3, -0.25) is 9.59 Å². The Bertz CT molecular complexity index is 1050. The Morgan fingerprint density at radius 1 is 1.48 bits per heavy atom. The molecule has 0 unspecified atom stereocenters. The Labute approximate surface area is 162 Å². The fraction of sp³-hybridized carbons (Fsp3) is 0.500. The van der Waals surface area contributed by atoms with Gasteiger partial charge in [0.15, 0.2) is 5.78 Å². The van der Waals surface area contributed by atoms with E-state index in [2.05, 4.69) is 25.5 Å². The van der Waals surface area contributed by atoms with Crippen molar-refractivity contribution in [3.8, 4) is 0 Å². The average Bonchev–Trinajstić information content (AvgIpc) is 3.35. The monoisotopic (exact) mass is 406 g/mol. The van der Waals surface area contributed by atoms with Crippen LogP contribution in [0.1, 0.15) is 40.8 Å². The highest BCUT2D eigenvalue weighted by molar-refractivity contribution is 7.98. The molecule has 1 fully saturated rings. The van der Waals surface area contributed by atoms with Crippen LogP contribution < -0.4 is 5.56 Å². The van der Waals surface area contributed by atoms with E-state index in [1.807, 2.05) is 0 Å². The number of carbonyl (C=O) groups is 1. The number of hydrogen-bond donors (Lipinski definition) is 1. The largest absolute Gasteiger partial charge is 0.376 e. The molecule has 9 nitrogen and oxygen atoms in total. The van der Waals surface area contributed by atoms with Crippen LogP contribution >= 0.6 is 23.1 Å². The van der Waals surface area contributed by atoms with Gasteiger partial charge >= 0.3 is 0 Å². The topological polar surface area (TPSA) is 116 Å². The van der Waals surface area contributed by atoms with E-state index in [9.17, 15) is 9.59 Å². The van der Waals surface area contributed by atoms with E-state index in [1.165, 1.54) is 30.0 Å². The van der Waals surface area contributed by atoms with Crippen molar-refractivity contribution in [3.05, 3.63) is 26.6 Å². The zero-order chi connectivity index (χ0) is 19.0. The lowest BCUT2D eigenvalue weighted by Crippen LogP contribution is -2.17. The molecule has 4 rings (SSSR count). The van der Waals surface area contributed by atoms with Crippen LogP contribution in [0.25, 0.3) is 10.2 Å². The summed E-state index contributed by atoms with van der Waals surface area (Å²) in [5.41, 5.74) is 0.465. The van der Waals surface area contributed by atoms with E-state index < -0.39 is 0 Å². The third-order valence-corrected chi connectivity index (χ3v) is 6.66. The number of thioether (sulfide) groups is 1. The van der Waals surface area contributed by atoms with Crippen LogP contribution in [0.15, 0.2) is 9.95 Å². The zero-order valence-electron chi connectivity index (χ0n) is 14.9. The van der Waals surface area contributed by atoms with Gasteiger partial charge in [-0.25, -0.2) is 9.67 Å². The molecular formula is C16H18N6O3S2. The van der Waals surface area contributed by atoms with E-state index in [0.717, 1.165) is 19.4 Å². The highest BCUT2D eigenvalue weighted by Crippen LogP contribution is 2.28. The molecule has 4 heterocycles. The number of H-pyrrole nitrogens is 1. The van der Waals surface area contributed by atoms with Gasteiger partial charge in [0.2, 0.25) is 5.16 Å². The van der Waals surface area contributed by atoms with Crippen LogP contribution in [0.3, 0.4) is 0 Å². The molecule has 1 aliphatic rings. The molecule has 0 amide bonds. The van der Waals surface area contributed by atoms with Gasteiger partial charge < -0.3 is 9.72 Å². The summed E-state index contributed by atoms with van der Waals surface area (Å²) in [6.45, 7) is 4.67. The first-order chi connectivity index (χ1) is 13.0. The van der Waals surface area contributed by atoms with Gasteiger partial charge in [-0.15, -0.1) is 16.4 Å². The summed E-state index contributed by atoms with van der Waals surface area (Å²) in [5.74, 6) is 0.892. The number of nitrogens with zero attached hydrogens (tertiary/aromatic N) is 5. The van der Waals surface area contributed by atoms with E-state index in [1.54, 1.807) is 11.6 Å². The Morgan fingerprint density at radius 3 is 3.07 bits per heavy atom. The lowest BCUT2D eigenvalue weighted by atomic mass is 10.2. The predicted molar refractivity (Wildman–Crippen MR) is 101 cm³/mol. The molecule has 1 saturated heterocycles. The van der Waals surface area contributed by atoms with Crippen molar-refractivity contribution in [1.29, 1.82) is 0 Å². The summed E-state index contributed by atoms with van der Waals surface area (Å²) in [5, 5.41) is 12.9. The highest BCUT2D eigenvalue weighted by Gasteiger charge is 2.20. The van der Waals surface area contributed by atoms with Gasteiger partial charge in [0, 0.05) is 6.61 Å². The van der Waals surface area contributed by atoms with Gasteiger partial charge in [-0.05, 0) is 42.7 Å². The number of ketones is 1. The molecule has 11 heteroatoms. The summed E-state index contributed by atoms with van der Waals surface area (Å²) in [7, 11) is 0. The van der Waals surface area contributed by atoms with Crippen LogP contribution in [0.4, 0.5) is 0 Å². The normalized spacial score (nSPS) is 17.0. The third-order valence-electron chi connectivity index (χ3n) is 4.41. The summed E-state index contributed by atoms with van der Waals surface area (Å²) in [6, 6.07) is 0. The van der Waals surface area contributed by atoms with E-state index in [-0.39, 0.29) is 17.4 Å². The van der Waals surface area contributed by atoms with Gasteiger partial charge in [-0.1, -0.05) is 11.8 Å². The standard InChI is InChI=1S/C16H18N6O3S2/c1-8-12-14(24)17-11(18-15(12)27-13(8)9(2)23)7-26-16-19-20-21-22(16)6-10-4-3-5-25-10/h10H,3-7H2,1-2H3,(H,17,18,24)/t10-/m1/s1. The number of carbonyl (C=O) groups excluding carboxylic acids is 1. The molecule has 142 valence electrons. The summed E-state index contributed by atoms with van der Waals surface area (Å²) < 4.78 is 7.35. The molecule has 0 bridgehead atoms. The summed E-state index contributed by atoms with van der Waals surface area (Å²) in [6.07, 6.45) is 2.20. The lowest BCUT2D eigenvalue weighted by molar-refractivity contribution is 0.0911. The Hall–Kier alpha value is -2.11. The average molecular weight is 406 g/mol. The Morgan fingerprint density at radius 2 is 2.33 bits per heavy atom. The number of ether oxygens (including phenoxy) is 1. The Kier molecular flexibility index (Phi) is 5.06. The minimum absolute atomic E-state index is 0.0564. The van der Waals surface area contributed by atoms with Crippen LogP contribution in [-0.4, -0.2) is 48.7 Å². The maximum Gasteiger partial charge on any atom is 0.259 e. The van der Waals surface area contributed by atoms with Crippen molar-refractivity contribution in [1.82, 2.24) is 30.2 Å². The van der Waals surface area contributed by atoms with Crippen molar-refractivity contribution in [2.75, 3.05) is 6.61 Å². The number of nitrogens with one attached hydrogen (secondary N) is 1. The van der Waals surface area contributed by atoms with Crippen molar-refractivity contribution >= 4 is 39.1 Å². The number of fused-ring (bicyclic) bond motifs is 1. The first-order valence-electron chi connectivity index (χ1n) is 8.56. The minimum Gasteiger partial charge on any atom is -0.376 e. The molecule has 3 aromatic heterocycles. The zero-order valence-corrected chi connectivity index (χ0v) is 16.5. The maximum absolute atomic E-state index is 12.4. The number of rotatable bonds is 6. The second-order valence-corrected chi connectivity index (χ2v) is 8.31. The van der Waals surface area contributed by atoms with Crippen molar-refractivity contribution < 1.29 is 9.53 Å². The van der Waals surface area contributed by atoms with Crippen molar-refractivity contribution in [2.45, 2.75) is 50.2 Å². The fourth-order valence-electron chi connectivity index (χ4n) is 3.12. The first kappa shape index (κ1) is 18.3. The number of aromatic amines is 1. The molecule has 1 aliphatic heterocycles. The number of thiophene rings is 1. The molecular weight excluding hydrogens is 388 g/mol. The van der Waals surface area contributed by atoms with Gasteiger partial charge in [0.05, 0.1) is 28.7 Å². The second kappa shape index (κ2) is 7.49. The predicted octanol–water partition coefficient (Wildman–Crippen LogP) is 1.95. The maximum atomic E-state index is 12.4. The molecule has 0 saturated carbocycles. The molecule has 0 aliphatic carbocycles. The number of aromatic nitrogens is 6. The number of tetrazole rings is 1. The Balaban J connectivity index is 1.54.